The van der Waals surface area contributed by atoms with Crippen molar-refractivity contribution in [3.8, 4) is 0 Å². The Morgan fingerprint density at radius 1 is 1.36 bits per heavy atom. The molecule has 1 aliphatic rings. The molecule has 1 saturated heterocycles. The van der Waals surface area contributed by atoms with Crippen LogP contribution >= 0.6 is 0 Å². The summed E-state index contributed by atoms with van der Waals surface area (Å²) in [6, 6.07) is 9.77. The number of aryl methyl sites for hydroxylation is 1. The van der Waals surface area contributed by atoms with Crippen molar-refractivity contribution in [3.63, 3.8) is 0 Å². The topological polar surface area (TPSA) is 75.8 Å². The van der Waals surface area contributed by atoms with E-state index < -0.39 is 5.60 Å². The number of hydrogen-bond acceptors (Lipinski definition) is 5. The van der Waals surface area contributed by atoms with Gasteiger partial charge >= 0.3 is 6.09 Å². The van der Waals surface area contributed by atoms with Crippen LogP contribution in [0.1, 0.15) is 68.9 Å². The van der Waals surface area contributed by atoms with Gasteiger partial charge in [0, 0.05) is 12.6 Å². The van der Waals surface area contributed by atoms with Crippen LogP contribution in [0.4, 0.5) is 4.79 Å². The fraction of sp³-hybridized carbons (Fsp3) is 0.545. The molecule has 0 unspecified atom stereocenters. The van der Waals surface area contributed by atoms with Crippen molar-refractivity contribution in [2.24, 2.45) is 0 Å². The van der Waals surface area contributed by atoms with E-state index in [2.05, 4.69) is 4.98 Å². The molecule has 2 heterocycles. The van der Waals surface area contributed by atoms with Gasteiger partial charge < -0.3 is 19.2 Å². The minimum absolute atomic E-state index is 0.000538. The van der Waals surface area contributed by atoms with E-state index >= 15 is 0 Å². The molecule has 0 spiro atoms. The third kappa shape index (κ3) is 4.38. The number of aliphatic hydroxyl groups is 1. The van der Waals surface area contributed by atoms with Crippen LogP contribution in [0.3, 0.4) is 0 Å². The van der Waals surface area contributed by atoms with Gasteiger partial charge in [0.1, 0.15) is 23.7 Å². The van der Waals surface area contributed by atoms with E-state index in [1.165, 1.54) is 0 Å². The number of hydrogen-bond donors (Lipinski definition) is 1. The molecule has 1 N–H and O–H groups in total. The minimum Gasteiger partial charge on any atom is -0.445 e. The Morgan fingerprint density at radius 2 is 2.07 bits per heavy atom. The highest BCUT2D eigenvalue weighted by atomic mass is 16.6. The summed E-state index contributed by atoms with van der Waals surface area (Å²) in [4.78, 5) is 19.0. The Balaban J connectivity index is 1.69. The number of oxazole rings is 1. The molecule has 1 aliphatic heterocycles. The van der Waals surface area contributed by atoms with Crippen molar-refractivity contribution >= 4 is 6.09 Å². The highest BCUT2D eigenvalue weighted by Gasteiger charge is 2.35. The first-order valence-corrected chi connectivity index (χ1v) is 9.99. The molecule has 0 radical (unpaired) electrons. The van der Waals surface area contributed by atoms with Gasteiger partial charge in [0.15, 0.2) is 5.89 Å². The molecule has 6 heteroatoms. The van der Waals surface area contributed by atoms with E-state index in [0.29, 0.717) is 30.3 Å². The van der Waals surface area contributed by atoms with Gasteiger partial charge in [-0.15, -0.1) is 0 Å². The lowest BCUT2D eigenvalue weighted by atomic mass is 9.93. The fourth-order valence-corrected chi connectivity index (χ4v) is 3.62. The Labute approximate surface area is 166 Å². The number of amides is 1. The van der Waals surface area contributed by atoms with Crippen molar-refractivity contribution in [2.45, 2.75) is 71.1 Å². The number of likely N-dealkylation sites (tertiary alicyclic amines) is 1. The van der Waals surface area contributed by atoms with Gasteiger partial charge in [-0.1, -0.05) is 37.3 Å². The van der Waals surface area contributed by atoms with Crippen LogP contribution in [0.25, 0.3) is 0 Å². The van der Waals surface area contributed by atoms with Crippen LogP contribution in [-0.2, 0) is 16.9 Å². The van der Waals surface area contributed by atoms with Crippen LogP contribution in [0.15, 0.2) is 34.7 Å². The Morgan fingerprint density at radius 3 is 2.75 bits per heavy atom. The molecule has 1 aromatic heterocycles. The van der Waals surface area contributed by atoms with E-state index in [-0.39, 0.29) is 24.7 Å². The van der Waals surface area contributed by atoms with E-state index in [0.717, 1.165) is 18.4 Å². The number of benzene rings is 1. The normalized spacial score (nSPS) is 22.0. The summed E-state index contributed by atoms with van der Waals surface area (Å²) >= 11 is 0. The first-order valence-electron chi connectivity index (χ1n) is 9.99. The minimum atomic E-state index is -1.01. The van der Waals surface area contributed by atoms with Crippen molar-refractivity contribution in [1.82, 2.24) is 9.88 Å². The fourth-order valence-electron chi connectivity index (χ4n) is 3.62. The number of carbonyl (C=O) groups is 1. The van der Waals surface area contributed by atoms with Crippen LogP contribution < -0.4 is 0 Å². The van der Waals surface area contributed by atoms with E-state index in [4.69, 9.17) is 9.15 Å². The maximum atomic E-state index is 12.6. The first-order chi connectivity index (χ1) is 13.3. The van der Waals surface area contributed by atoms with E-state index in [9.17, 15) is 9.90 Å². The molecule has 1 aromatic carbocycles. The summed E-state index contributed by atoms with van der Waals surface area (Å²) in [5, 5.41) is 10.5. The Hall–Kier alpha value is -2.34. The van der Waals surface area contributed by atoms with Crippen molar-refractivity contribution < 1.29 is 19.1 Å². The molecule has 0 bridgehead atoms. The molecule has 28 heavy (non-hydrogen) atoms. The number of rotatable bonds is 5. The zero-order valence-corrected chi connectivity index (χ0v) is 17.1. The molecule has 1 fully saturated rings. The molecule has 0 saturated carbocycles. The average Bonchev–Trinajstić information content (AvgIpc) is 3.10. The van der Waals surface area contributed by atoms with Gasteiger partial charge in [-0.25, -0.2) is 9.78 Å². The summed E-state index contributed by atoms with van der Waals surface area (Å²) in [6.45, 7) is 8.29. The van der Waals surface area contributed by atoms with Gasteiger partial charge in [-0.3, -0.25) is 0 Å². The number of piperidine rings is 1. The van der Waals surface area contributed by atoms with Crippen LogP contribution in [0.5, 0.6) is 0 Å². The van der Waals surface area contributed by atoms with Gasteiger partial charge in [0.2, 0.25) is 0 Å². The largest absolute Gasteiger partial charge is 0.445 e. The SMILES string of the molecule is CC[C@](C)(O)c1nc([C@@H]2CC[C@@H](C)N(C(=O)OCc3ccccc3)C2)oc1C. The lowest BCUT2D eigenvalue weighted by molar-refractivity contribution is 0.0474. The van der Waals surface area contributed by atoms with E-state index in [1.807, 2.05) is 51.1 Å². The van der Waals surface area contributed by atoms with Crippen LogP contribution in [0, 0.1) is 6.92 Å². The molecule has 1 amide bonds. The summed E-state index contributed by atoms with van der Waals surface area (Å²) in [5.74, 6) is 1.23. The molecule has 3 rings (SSSR count). The quantitative estimate of drug-likeness (QED) is 0.818. The van der Waals surface area contributed by atoms with Gasteiger partial charge in [-0.05, 0) is 45.6 Å². The highest BCUT2D eigenvalue weighted by molar-refractivity contribution is 5.68. The zero-order chi connectivity index (χ0) is 20.3. The lowest BCUT2D eigenvalue weighted by Crippen LogP contribution is -2.45. The highest BCUT2D eigenvalue weighted by Crippen LogP contribution is 2.34. The van der Waals surface area contributed by atoms with Gasteiger partial charge in [0.25, 0.3) is 0 Å². The molecule has 6 nitrogen and oxygen atoms in total. The van der Waals surface area contributed by atoms with Gasteiger partial charge in [0.05, 0.1) is 5.92 Å². The first kappa shape index (κ1) is 20.4. The van der Waals surface area contributed by atoms with Crippen LogP contribution in [0.2, 0.25) is 0 Å². The second kappa shape index (κ2) is 8.35. The van der Waals surface area contributed by atoms with E-state index in [1.54, 1.807) is 11.8 Å². The summed E-state index contributed by atoms with van der Waals surface area (Å²) < 4.78 is 11.4. The molecular formula is C22H30N2O4. The van der Waals surface area contributed by atoms with Gasteiger partial charge in [-0.2, -0.15) is 0 Å². The predicted octanol–water partition coefficient (Wildman–Crippen LogP) is 4.51. The number of aromatic nitrogens is 1. The van der Waals surface area contributed by atoms with Crippen molar-refractivity contribution in [1.29, 1.82) is 0 Å². The molecule has 2 aromatic rings. The third-order valence-electron chi connectivity index (χ3n) is 5.68. The second-order valence-corrected chi connectivity index (χ2v) is 7.90. The summed E-state index contributed by atoms with van der Waals surface area (Å²) in [5.41, 5.74) is 0.538. The number of nitrogens with zero attached hydrogens (tertiary/aromatic N) is 2. The number of ether oxygens (including phenoxy) is 1. The average molecular weight is 386 g/mol. The summed E-state index contributed by atoms with van der Waals surface area (Å²) in [7, 11) is 0. The Bertz CT molecular complexity index is 800. The molecule has 152 valence electrons. The molecule has 0 aliphatic carbocycles. The lowest BCUT2D eigenvalue weighted by Gasteiger charge is -2.36. The third-order valence-corrected chi connectivity index (χ3v) is 5.68. The smallest absolute Gasteiger partial charge is 0.410 e. The van der Waals surface area contributed by atoms with Crippen molar-refractivity contribution in [3.05, 3.63) is 53.2 Å². The van der Waals surface area contributed by atoms with Crippen molar-refractivity contribution in [2.75, 3.05) is 6.54 Å². The zero-order valence-electron chi connectivity index (χ0n) is 17.1. The predicted molar refractivity (Wildman–Crippen MR) is 106 cm³/mol. The standard InChI is InChI=1S/C22H30N2O4/c1-5-22(4,26)19-16(3)28-20(23-19)18-12-11-15(2)24(13-18)21(25)27-14-17-9-7-6-8-10-17/h6-10,15,18,26H,5,11-14H2,1-4H3/t15-,18-,22+/m1/s1. The maximum absolute atomic E-state index is 12.6. The second-order valence-electron chi connectivity index (χ2n) is 7.90. The number of carbonyl (C=O) groups excluding carboxylic acids is 1. The molecule has 3 atom stereocenters. The monoisotopic (exact) mass is 386 g/mol. The summed E-state index contributed by atoms with van der Waals surface area (Å²) in [6.07, 6.45) is 1.98. The molecular weight excluding hydrogens is 356 g/mol. The Kier molecular flexibility index (Phi) is 6.08. The maximum Gasteiger partial charge on any atom is 0.410 e. The van der Waals surface area contributed by atoms with Crippen LogP contribution in [-0.4, -0.2) is 33.7 Å².